The Morgan fingerprint density at radius 3 is 2.28 bits per heavy atom. The summed E-state index contributed by atoms with van der Waals surface area (Å²) in [7, 11) is -2.85. The molecule has 18 heavy (non-hydrogen) atoms. The number of hydrogen-bond donors (Lipinski definition) is 1. The molecule has 0 spiro atoms. The van der Waals surface area contributed by atoms with E-state index in [9.17, 15) is 8.42 Å². The smallest absolute Gasteiger partial charge is 0.150 e. The van der Waals surface area contributed by atoms with Crippen LogP contribution in [0.5, 0.6) is 0 Å². The number of rotatable bonds is 6. The van der Waals surface area contributed by atoms with Crippen molar-refractivity contribution < 1.29 is 8.42 Å². The molecule has 0 unspecified atom stereocenters. The minimum atomic E-state index is -2.85. The van der Waals surface area contributed by atoms with E-state index >= 15 is 0 Å². The van der Waals surface area contributed by atoms with Gasteiger partial charge in [0.2, 0.25) is 0 Å². The number of halogens is 1. The van der Waals surface area contributed by atoms with Crippen LogP contribution in [0.25, 0.3) is 0 Å². The normalized spacial score (nSPS) is 11.6. The van der Waals surface area contributed by atoms with Gasteiger partial charge in [0.15, 0.2) is 0 Å². The highest BCUT2D eigenvalue weighted by Gasteiger charge is 2.07. The van der Waals surface area contributed by atoms with Crippen LogP contribution >= 0.6 is 15.9 Å². The summed E-state index contributed by atoms with van der Waals surface area (Å²) in [6.45, 7) is 6.46. The Morgan fingerprint density at radius 2 is 1.78 bits per heavy atom. The molecule has 0 heterocycles. The molecule has 0 atom stereocenters. The lowest BCUT2D eigenvalue weighted by Crippen LogP contribution is -2.13. The number of benzene rings is 1. The largest absolute Gasteiger partial charge is 0.385 e. The molecule has 5 heteroatoms. The van der Waals surface area contributed by atoms with Crippen LogP contribution in [0.15, 0.2) is 16.6 Å². The molecular formula is C13H20BrNO2S. The van der Waals surface area contributed by atoms with Gasteiger partial charge in [-0.25, -0.2) is 8.42 Å². The fourth-order valence-corrected chi connectivity index (χ4v) is 3.40. The molecule has 0 saturated heterocycles. The first-order valence-corrected chi connectivity index (χ1v) is 8.68. The Balaban J connectivity index is 2.55. The third kappa shape index (κ3) is 4.61. The van der Waals surface area contributed by atoms with E-state index in [0.29, 0.717) is 13.0 Å². The molecular weight excluding hydrogens is 314 g/mol. The van der Waals surface area contributed by atoms with Gasteiger partial charge >= 0.3 is 0 Å². The van der Waals surface area contributed by atoms with Gasteiger partial charge in [-0.2, -0.15) is 0 Å². The first-order valence-electron chi connectivity index (χ1n) is 6.07. The van der Waals surface area contributed by atoms with Gasteiger partial charge in [-0.3, -0.25) is 0 Å². The van der Waals surface area contributed by atoms with E-state index in [0.717, 1.165) is 10.2 Å². The first kappa shape index (κ1) is 15.5. The Kier molecular flexibility index (Phi) is 5.66. The van der Waals surface area contributed by atoms with E-state index in [-0.39, 0.29) is 11.5 Å². The molecule has 0 aromatic heterocycles. The lowest BCUT2D eigenvalue weighted by Gasteiger charge is -2.13. The second kappa shape index (κ2) is 6.57. The predicted molar refractivity (Wildman–Crippen MR) is 81.1 cm³/mol. The molecule has 0 saturated carbocycles. The van der Waals surface area contributed by atoms with Crippen LogP contribution in [-0.2, 0) is 9.84 Å². The highest BCUT2D eigenvalue weighted by molar-refractivity contribution is 9.10. The summed E-state index contributed by atoms with van der Waals surface area (Å²) in [5, 5.41) is 3.32. The summed E-state index contributed by atoms with van der Waals surface area (Å²) < 4.78 is 23.8. The fraction of sp³-hybridized carbons (Fsp3) is 0.538. The molecule has 0 radical (unpaired) electrons. The maximum absolute atomic E-state index is 11.4. The van der Waals surface area contributed by atoms with E-state index in [1.807, 2.05) is 13.8 Å². The summed E-state index contributed by atoms with van der Waals surface area (Å²) in [6, 6.07) is 4.11. The summed E-state index contributed by atoms with van der Waals surface area (Å²) >= 11 is 3.46. The molecule has 0 amide bonds. The van der Waals surface area contributed by atoms with Gasteiger partial charge in [-0.05, 0) is 43.5 Å². The van der Waals surface area contributed by atoms with Crippen LogP contribution in [0, 0.1) is 13.8 Å². The van der Waals surface area contributed by atoms with Crippen LogP contribution in [0.1, 0.15) is 24.5 Å². The van der Waals surface area contributed by atoms with Gasteiger partial charge in [-0.1, -0.05) is 22.9 Å². The minimum absolute atomic E-state index is 0.226. The molecule has 0 aliphatic carbocycles. The molecule has 0 aliphatic heterocycles. The molecule has 1 aromatic carbocycles. The highest BCUT2D eigenvalue weighted by Crippen LogP contribution is 2.24. The predicted octanol–water partition coefficient (Wildman–Crippen LogP) is 3.30. The lowest BCUT2D eigenvalue weighted by atomic mass is 10.1. The van der Waals surface area contributed by atoms with Crippen molar-refractivity contribution in [3.8, 4) is 0 Å². The third-order valence-electron chi connectivity index (χ3n) is 2.87. The monoisotopic (exact) mass is 333 g/mol. The number of nitrogens with one attached hydrogen (secondary N) is 1. The van der Waals surface area contributed by atoms with Gasteiger partial charge in [0.25, 0.3) is 0 Å². The average Bonchev–Trinajstić information content (AvgIpc) is 2.26. The van der Waals surface area contributed by atoms with Crippen molar-refractivity contribution in [3.63, 3.8) is 0 Å². The van der Waals surface area contributed by atoms with Gasteiger partial charge in [0.05, 0.1) is 5.75 Å². The first-order chi connectivity index (χ1) is 8.35. The molecule has 1 rings (SSSR count). The Hall–Kier alpha value is -0.550. The molecule has 102 valence electrons. The van der Waals surface area contributed by atoms with E-state index < -0.39 is 9.84 Å². The SMILES string of the molecule is CCS(=O)(=O)CCCNc1c(C)cc(Br)cc1C. The maximum atomic E-state index is 11.4. The second-order valence-electron chi connectivity index (χ2n) is 4.43. The topological polar surface area (TPSA) is 46.2 Å². The number of anilines is 1. The maximum Gasteiger partial charge on any atom is 0.150 e. The van der Waals surface area contributed by atoms with Crippen LogP contribution in [0.4, 0.5) is 5.69 Å². The van der Waals surface area contributed by atoms with Crippen LogP contribution in [-0.4, -0.2) is 26.5 Å². The van der Waals surface area contributed by atoms with Gasteiger partial charge in [0, 0.05) is 22.5 Å². The van der Waals surface area contributed by atoms with Crippen molar-refractivity contribution in [2.24, 2.45) is 0 Å². The molecule has 3 nitrogen and oxygen atoms in total. The van der Waals surface area contributed by atoms with Crippen molar-refractivity contribution in [3.05, 3.63) is 27.7 Å². The molecule has 1 N–H and O–H groups in total. The number of sulfone groups is 1. The summed E-state index contributed by atoms with van der Waals surface area (Å²) in [5.41, 5.74) is 3.44. The molecule has 0 fully saturated rings. The van der Waals surface area contributed by atoms with Crippen molar-refractivity contribution in [1.29, 1.82) is 0 Å². The molecule has 0 aliphatic rings. The zero-order valence-corrected chi connectivity index (χ0v) is 13.5. The lowest BCUT2D eigenvalue weighted by molar-refractivity contribution is 0.595. The van der Waals surface area contributed by atoms with Gasteiger partial charge < -0.3 is 5.32 Å². The minimum Gasteiger partial charge on any atom is -0.385 e. The fourth-order valence-electron chi connectivity index (χ4n) is 1.84. The van der Waals surface area contributed by atoms with Crippen molar-refractivity contribution in [1.82, 2.24) is 0 Å². The molecule has 1 aromatic rings. The zero-order chi connectivity index (χ0) is 13.8. The van der Waals surface area contributed by atoms with E-state index in [4.69, 9.17) is 0 Å². The van der Waals surface area contributed by atoms with E-state index in [2.05, 4.69) is 33.4 Å². The quantitative estimate of drug-likeness (QED) is 0.812. The average molecular weight is 334 g/mol. The Bertz CT molecular complexity index is 489. The standard InChI is InChI=1S/C13H20BrNO2S/c1-4-18(16,17)7-5-6-15-13-10(2)8-12(14)9-11(13)3/h8-9,15H,4-7H2,1-3H3. The Labute approximate surface area is 118 Å². The zero-order valence-electron chi connectivity index (χ0n) is 11.1. The van der Waals surface area contributed by atoms with E-state index in [1.54, 1.807) is 6.92 Å². The van der Waals surface area contributed by atoms with Crippen LogP contribution in [0.2, 0.25) is 0 Å². The summed E-state index contributed by atoms with van der Waals surface area (Å²) in [5.74, 6) is 0.481. The number of hydrogen-bond acceptors (Lipinski definition) is 3. The summed E-state index contributed by atoms with van der Waals surface area (Å²) in [6.07, 6.45) is 0.644. The van der Waals surface area contributed by atoms with Gasteiger partial charge in [-0.15, -0.1) is 0 Å². The van der Waals surface area contributed by atoms with Crippen molar-refractivity contribution in [2.45, 2.75) is 27.2 Å². The summed E-state index contributed by atoms with van der Waals surface area (Å²) in [4.78, 5) is 0. The Morgan fingerprint density at radius 1 is 1.22 bits per heavy atom. The highest BCUT2D eigenvalue weighted by atomic mass is 79.9. The third-order valence-corrected chi connectivity index (χ3v) is 5.12. The second-order valence-corrected chi connectivity index (χ2v) is 7.82. The van der Waals surface area contributed by atoms with Crippen LogP contribution in [0.3, 0.4) is 0 Å². The van der Waals surface area contributed by atoms with Crippen LogP contribution < -0.4 is 5.32 Å². The van der Waals surface area contributed by atoms with E-state index in [1.165, 1.54) is 11.1 Å². The molecule has 0 bridgehead atoms. The van der Waals surface area contributed by atoms with Crippen molar-refractivity contribution >= 4 is 31.5 Å². The van der Waals surface area contributed by atoms with Gasteiger partial charge in [0.1, 0.15) is 9.84 Å². The van der Waals surface area contributed by atoms with Crippen molar-refractivity contribution in [2.75, 3.05) is 23.4 Å². The number of aryl methyl sites for hydroxylation is 2.